The van der Waals surface area contributed by atoms with Gasteiger partial charge in [-0.05, 0) is 37.3 Å². The number of halogens is 1. The van der Waals surface area contributed by atoms with E-state index in [1.165, 1.54) is 26.3 Å². The van der Waals surface area contributed by atoms with Gasteiger partial charge in [-0.2, -0.15) is 0 Å². The molecule has 2 N–H and O–H groups in total. The Labute approximate surface area is 142 Å². The van der Waals surface area contributed by atoms with Crippen LogP contribution in [0.1, 0.15) is 6.92 Å². The van der Waals surface area contributed by atoms with Crippen molar-refractivity contribution in [1.82, 2.24) is 4.98 Å². The number of anilines is 2. The highest BCUT2D eigenvalue weighted by Gasteiger charge is 2.47. The van der Waals surface area contributed by atoms with Gasteiger partial charge in [0.05, 0.1) is 12.8 Å². The number of carbonyl (C=O) groups excluding carboxylic acids is 2. The topological polar surface area (TPSA) is 89.6 Å². The molecule has 1 aliphatic rings. The molecule has 0 saturated carbocycles. The summed E-state index contributed by atoms with van der Waals surface area (Å²) in [6.07, 6.45) is 1.52. The first-order valence-corrected chi connectivity index (χ1v) is 7.42. The van der Waals surface area contributed by atoms with Gasteiger partial charge >= 0.3 is 0 Å². The number of ether oxygens (including phenoxy) is 2. The molecule has 0 saturated heterocycles. The van der Waals surface area contributed by atoms with E-state index in [-0.39, 0.29) is 5.82 Å². The Bertz CT molecular complexity index is 827. The number of amides is 2. The molecule has 1 aromatic carbocycles. The lowest BCUT2D eigenvalue weighted by atomic mass is 10.0. The predicted molar refractivity (Wildman–Crippen MR) is 88.5 cm³/mol. The first-order valence-electron chi connectivity index (χ1n) is 7.04. The quantitative estimate of drug-likeness (QED) is 0.832. The highest BCUT2D eigenvalue weighted by atomic mass is 35.5. The summed E-state index contributed by atoms with van der Waals surface area (Å²) >= 11 is 5.95. The third-order valence-corrected chi connectivity index (χ3v) is 3.83. The first-order chi connectivity index (χ1) is 11.4. The van der Waals surface area contributed by atoms with E-state index in [0.29, 0.717) is 22.2 Å². The Balaban J connectivity index is 1.90. The van der Waals surface area contributed by atoms with Crippen molar-refractivity contribution in [3.05, 3.63) is 41.6 Å². The maximum Gasteiger partial charge on any atom is 0.279 e. The molecule has 1 atom stereocenters. The highest BCUT2D eigenvalue weighted by molar-refractivity contribution is 6.31. The van der Waals surface area contributed by atoms with E-state index in [9.17, 15) is 9.59 Å². The molecule has 0 aliphatic carbocycles. The lowest BCUT2D eigenvalue weighted by Crippen LogP contribution is -2.56. The van der Waals surface area contributed by atoms with Crippen LogP contribution >= 0.6 is 11.6 Å². The highest BCUT2D eigenvalue weighted by Crippen LogP contribution is 2.33. The maximum atomic E-state index is 12.7. The number of rotatable bonds is 3. The SMILES string of the molecule is COc1ccc(Cl)cc1NC(=O)[C@@]1(C)Oc2cccnc2NC1=O. The summed E-state index contributed by atoms with van der Waals surface area (Å²) in [5.74, 6) is -0.280. The van der Waals surface area contributed by atoms with Crippen molar-refractivity contribution in [2.75, 3.05) is 17.7 Å². The minimum absolute atomic E-state index is 0.271. The molecule has 7 nitrogen and oxygen atoms in total. The molecular formula is C16H14ClN3O4. The molecule has 124 valence electrons. The number of nitrogens with zero attached hydrogens (tertiary/aromatic N) is 1. The third kappa shape index (κ3) is 2.74. The summed E-state index contributed by atoms with van der Waals surface area (Å²) in [6.45, 7) is 1.38. The molecule has 1 aromatic heterocycles. The van der Waals surface area contributed by atoms with Crippen molar-refractivity contribution < 1.29 is 19.1 Å². The van der Waals surface area contributed by atoms with Gasteiger partial charge in [0.25, 0.3) is 17.4 Å². The fourth-order valence-corrected chi connectivity index (χ4v) is 2.40. The van der Waals surface area contributed by atoms with Gasteiger partial charge in [0, 0.05) is 11.2 Å². The summed E-state index contributed by atoms with van der Waals surface area (Å²) in [5.41, 5.74) is -1.42. The van der Waals surface area contributed by atoms with Gasteiger partial charge in [-0.15, -0.1) is 0 Å². The van der Waals surface area contributed by atoms with E-state index in [1.54, 1.807) is 24.3 Å². The van der Waals surface area contributed by atoms with Gasteiger partial charge in [0.15, 0.2) is 11.6 Å². The smallest absolute Gasteiger partial charge is 0.279 e. The number of pyridine rings is 1. The molecule has 2 amide bonds. The fourth-order valence-electron chi connectivity index (χ4n) is 2.23. The minimum Gasteiger partial charge on any atom is -0.495 e. The zero-order valence-corrected chi connectivity index (χ0v) is 13.7. The number of hydrogen-bond acceptors (Lipinski definition) is 5. The second-order valence-corrected chi connectivity index (χ2v) is 5.67. The minimum atomic E-state index is -1.76. The largest absolute Gasteiger partial charge is 0.495 e. The average Bonchev–Trinajstić information content (AvgIpc) is 2.56. The van der Waals surface area contributed by atoms with Crippen molar-refractivity contribution in [3.63, 3.8) is 0 Å². The van der Waals surface area contributed by atoms with Crippen LogP contribution in [0.3, 0.4) is 0 Å². The zero-order valence-electron chi connectivity index (χ0n) is 12.9. The summed E-state index contributed by atoms with van der Waals surface area (Å²) < 4.78 is 10.8. The van der Waals surface area contributed by atoms with Crippen LogP contribution in [0.15, 0.2) is 36.5 Å². The number of methoxy groups -OCH3 is 1. The zero-order chi connectivity index (χ0) is 17.3. The molecule has 0 unspecified atom stereocenters. The number of benzene rings is 1. The van der Waals surface area contributed by atoms with Gasteiger partial charge in [-0.1, -0.05) is 11.6 Å². The Hall–Kier alpha value is -2.80. The number of carbonyl (C=O) groups is 2. The van der Waals surface area contributed by atoms with Crippen LogP contribution in [-0.4, -0.2) is 29.5 Å². The molecule has 0 bridgehead atoms. The van der Waals surface area contributed by atoms with E-state index in [4.69, 9.17) is 21.1 Å². The molecule has 0 fully saturated rings. The molecule has 8 heteroatoms. The van der Waals surface area contributed by atoms with Crippen molar-refractivity contribution in [2.24, 2.45) is 0 Å². The first kappa shape index (κ1) is 16.1. The summed E-state index contributed by atoms with van der Waals surface area (Å²) in [7, 11) is 1.46. The number of hydrogen-bond donors (Lipinski definition) is 2. The van der Waals surface area contributed by atoms with E-state index < -0.39 is 17.4 Å². The lowest BCUT2D eigenvalue weighted by molar-refractivity contribution is -0.143. The van der Waals surface area contributed by atoms with Crippen molar-refractivity contribution in [2.45, 2.75) is 12.5 Å². The average molecular weight is 348 g/mol. The van der Waals surface area contributed by atoms with Crippen molar-refractivity contribution in [3.8, 4) is 11.5 Å². The Kier molecular flexibility index (Phi) is 4.02. The van der Waals surface area contributed by atoms with Crippen LogP contribution in [0.2, 0.25) is 5.02 Å². The molecule has 2 aromatic rings. The van der Waals surface area contributed by atoms with Crippen LogP contribution in [-0.2, 0) is 9.59 Å². The third-order valence-electron chi connectivity index (χ3n) is 3.59. The molecule has 24 heavy (non-hydrogen) atoms. The molecule has 2 heterocycles. The second-order valence-electron chi connectivity index (χ2n) is 5.24. The van der Waals surface area contributed by atoms with E-state index in [2.05, 4.69) is 15.6 Å². The van der Waals surface area contributed by atoms with Crippen LogP contribution in [0.25, 0.3) is 0 Å². The van der Waals surface area contributed by atoms with Gasteiger partial charge in [-0.25, -0.2) is 4.98 Å². The van der Waals surface area contributed by atoms with Gasteiger partial charge in [0.2, 0.25) is 0 Å². The molecule has 3 rings (SSSR count). The van der Waals surface area contributed by atoms with Gasteiger partial charge in [0.1, 0.15) is 5.75 Å². The lowest BCUT2D eigenvalue weighted by Gasteiger charge is -2.32. The monoisotopic (exact) mass is 347 g/mol. The van der Waals surface area contributed by atoms with Crippen molar-refractivity contribution in [1.29, 1.82) is 0 Å². The number of fused-ring (bicyclic) bond motifs is 1. The van der Waals surface area contributed by atoms with Crippen molar-refractivity contribution >= 4 is 34.9 Å². The van der Waals surface area contributed by atoms with E-state index >= 15 is 0 Å². The second kappa shape index (κ2) is 6.01. The Morgan fingerprint density at radius 1 is 1.42 bits per heavy atom. The maximum absolute atomic E-state index is 12.7. The van der Waals surface area contributed by atoms with Crippen LogP contribution in [0.4, 0.5) is 11.5 Å². The van der Waals surface area contributed by atoms with Gasteiger partial charge in [-0.3, -0.25) is 9.59 Å². The molecule has 1 aliphatic heterocycles. The van der Waals surface area contributed by atoms with Gasteiger partial charge < -0.3 is 20.1 Å². The normalized spacial score (nSPS) is 18.9. The summed E-state index contributed by atoms with van der Waals surface area (Å²) in [5, 5.41) is 5.60. The van der Waals surface area contributed by atoms with Crippen LogP contribution < -0.4 is 20.1 Å². The fraction of sp³-hybridized carbons (Fsp3) is 0.188. The summed E-state index contributed by atoms with van der Waals surface area (Å²) in [4.78, 5) is 29.0. The predicted octanol–water partition coefficient (Wildman–Crippen LogP) is 2.47. The standard InChI is InChI=1S/C16H14ClN3O4/c1-16(15(22)20-13-12(24-16)4-3-7-18-13)14(21)19-10-8-9(17)5-6-11(10)23-2/h3-8H,1-2H3,(H,19,21)(H,18,20,22)/t16-/m1/s1. The number of nitrogens with one attached hydrogen (secondary N) is 2. The molecule has 0 spiro atoms. The Morgan fingerprint density at radius 2 is 2.21 bits per heavy atom. The number of aromatic nitrogens is 1. The van der Waals surface area contributed by atoms with E-state index in [1.807, 2.05) is 0 Å². The van der Waals surface area contributed by atoms with E-state index in [0.717, 1.165) is 0 Å². The summed E-state index contributed by atoms with van der Waals surface area (Å²) in [6, 6.07) is 8.03. The van der Waals surface area contributed by atoms with Crippen LogP contribution in [0, 0.1) is 0 Å². The molecule has 0 radical (unpaired) electrons. The Morgan fingerprint density at radius 3 is 2.96 bits per heavy atom. The van der Waals surface area contributed by atoms with Crippen LogP contribution in [0.5, 0.6) is 11.5 Å². The molecular weight excluding hydrogens is 334 g/mol.